The highest BCUT2D eigenvalue weighted by Crippen LogP contribution is 2.21. The van der Waals surface area contributed by atoms with Gasteiger partial charge < -0.3 is 34.3 Å². The maximum absolute atomic E-state index is 13.6. The molecular formula is C97H112B5F5N3O9+. The Balaban J connectivity index is 0.000000207. The summed E-state index contributed by atoms with van der Waals surface area (Å²) >= 11 is 0. The van der Waals surface area contributed by atoms with Crippen molar-refractivity contribution in [1.29, 1.82) is 0 Å². The molecule has 11 rings (SSSR count). The van der Waals surface area contributed by atoms with Crippen molar-refractivity contribution in [3.8, 4) is 28.7 Å². The number of ketones is 3. The van der Waals surface area contributed by atoms with Crippen molar-refractivity contribution in [3.63, 3.8) is 0 Å². The van der Waals surface area contributed by atoms with Crippen LogP contribution < -0.4 is 56.7 Å². The molecule has 11 aromatic carbocycles. The van der Waals surface area contributed by atoms with E-state index in [1.807, 2.05) is 117 Å². The fraction of sp³-hybridized carbons (Fsp3) is 0.289. The minimum absolute atomic E-state index is 0.236. The molecule has 0 aliphatic carbocycles. The predicted molar refractivity (Wildman–Crippen MR) is 487 cm³/mol. The van der Waals surface area contributed by atoms with Crippen LogP contribution in [0.15, 0.2) is 243 Å². The monoisotopic (exact) mass is 1610 g/mol. The van der Waals surface area contributed by atoms with E-state index in [2.05, 4.69) is 54.3 Å². The van der Waals surface area contributed by atoms with Gasteiger partial charge in [-0.25, -0.2) is 22.0 Å². The summed E-state index contributed by atoms with van der Waals surface area (Å²) in [6, 6.07) is 74.1. The van der Waals surface area contributed by atoms with Crippen molar-refractivity contribution in [2.75, 3.05) is 66.5 Å². The first kappa shape index (κ1) is 94.9. The van der Waals surface area contributed by atoms with Crippen LogP contribution in [0.1, 0.15) is 115 Å². The molecule has 0 aliphatic rings. The van der Waals surface area contributed by atoms with Gasteiger partial charge in [-0.1, -0.05) is 205 Å². The molecule has 0 heterocycles. The molecule has 2 N–H and O–H groups in total. The molecule has 0 unspecified atom stereocenters. The smallest absolute Gasteiger partial charge is 0.255 e. The van der Waals surface area contributed by atoms with Crippen LogP contribution in [0.3, 0.4) is 0 Å². The van der Waals surface area contributed by atoms with Gasteiger partial charge in [0, 0.05) is 128 Å². The Hall–Kier alpha value is -11.2. The lowest BCUT2D eigenvalue weighted by atomic mass is 9.96. The summed E-state index contributed by atoms with van der Waals surface area (Å²) in [7, 11) is 14.1. The summed E-state index contributed by atoms with van der Waals surface area (Å²) in [6.45, 7) is 5.46. The van der Waals surface area contributed by atoms with Crippen molar-refractivity contribution in [3.05, 3.63) is 327 Å². The number of aryl methyl sites for hydroxylation is 1. The van der Waals surface area contributed by atoms with E-state index < -0.39 is 0 Å². The number of hydrogen-bond donors (Lipinski definition) is 1. The fourth-order valence-corrected chi connectivity index (χ4v) is 12.4. The van der Waals surface area contributed by atoms with Gasteiger partial charge in [-0.2, -0.15) is 0 Å². The zero-order valence-electron chi connectivity index (χ0n) is 70.6. The average Bonchev–Trinajstić information content (AvgIpc) is 0.888. The fourth-order valence-electron chi connectivity index (χ4n) is 12.4. The SMILES string of the molecule is Bc1ccc(OCCc2ccc(N)cc2)cc1F.Bc1ccc(OCCc2cccc(CC(=O)CCCCC)c2)cc1F.Bc1ccc(OCCc2cccc(CC(=O)CCCCc3ccccc3)c2)cc1F.Bc1ccc(OCCc2cccc(CC(=O)CCCN(C)C)c2)cc1F.Bc1ccc(OCCc2cccc([N+](C)=O)c2)cc1F. The number of carbonyl (C=O) groups is 3. The summed E-state index contributed by atoms with van der Waals surface area (Å²) in [5.41, 5.74) is 20.0. The zero-order valence-corrected chi connectivity index (χ0v) is 70.6. The summed E-state index contributed by atoms with van der Waals surface area (Å²) in [4.78, 5) is 49.7. The maximum atomic E-state index is 13.6. The molecule has 119 heavy (non-hydrogen) atoms. The van der Waals surface area contributed by atoms with Crippen LogP contribution in [0.2, 0.25) is 0 Å². The number of nitrogens with two attached hydrogens (primary N) is 1. The molecule has 0 amide bonds. The molecular weight excluding hydrogens is 1500 g/mol. The van der Waals surface area contributed by atoms with E-state index >= 15 is 0 Å². The number of carbonyl (C=O) groups excluding carboxylic acids is 3. The van der Waals surface area contributed by atoms with Crippen LogP contribution in [-0.4, -0.2) is 127 Å². The van der Waals surface area contributed by atoms with Gasteiger partial charge >= 0.3 is 0 Å². The van der Waals surface area contributed by atoms with Crippen LogP contribution in [-0.2, 0) is 72.2 Å². The number of rotatable bonds is 40. The number of ether oxygens (including phenoxy) is 5. The Morgan fingerprint density at radius 3 is 0.958 bits per heavy atom. The third-order valence-electron chi connectivity index (χ3n) is 19.6. The average molecular weight is 1610 g/mol. The van der Waals surface area contributed by atoms with E-state index in [9.17, 15) is 41.2 Å². The lowest BCUT2D eigenvalue weighted by Crippen LogP contribution is -2.14. The van der Waals surface area contributed by atoms with Crippen LogP contribution in [0.4, 0.5) is 33.3 Å². The van der Waals surface area contributed by atoms with E-state index in [4.69, 9.17) is 29.4 Å². The van der Waals surface area contributed by atoms with Gasteiger partial charge in [0.1, 0.15) is 114 Å². The van der Waals surface area contributed by atoms with E-state index in [0.29, 0.717) is 152 Å². The summed E-state index contributed by atoms with van der Waals surface area (Å²) in [5, 5.41) is 0. The minimum atomic E-state index is -0.266. The maximum Gasteiger partial charge on any atom is 0.255 e. The number of nitrogens with zero attached hydrogens (tertiary/aromatic N) is 2. The van der Waals surface area contributed by atoms with Gasteiger partial charge in [0.2, 0.25) is 0 Å². The zero-order chi connectivity index (χ0) is 85.7. The quantitative estimate of drug-likeness (QED) is 0.0129. The lowest BCUT2D eigenvalue weighted by molar-refractivity contribution is -0.428. The highest BCUT2D eigenvalue weighted by atomic mass is 19.1. The Morgan fingerprint density at radius 2 is 0.630 bits per heavy atom. The molecule has 0 saturated carbocycles. The molecule has 0 spiro atoms. The number of nitrogen functional groups attached to an aromatic ring is 1. The van der Waals surface area contributed by atoms with Gasteiger partial charge in [0.25, 0.3) is 5.69 Å². The number of benzene rings is 11. The first-order chi connectivity index (χ1) is 57.3. The van der Waals surface area contributed by atoms with Crippen LogP contribution >= 0.6 is 0 Å². The highest BCUT2D eigenvalue weighted by molar-refractivity contribution is 6.33. The third-order valence-corrected chi connectivity index (χ3v) is 19.6. The van der Waals surface area contributed by atoms with Crippen molar-refractivity contribution in [2.45, 2.75) is 122 Å². The summed E-state index contributed by atoms with van der Waals surface area (Å²) < 4.78 is 96.0. The van der Waals surface area contributed by atoms with E-state index in [1.54, 1.807) is 106 Å². The lowest BCUT2D eigenvalue weighted by Gasteiger charge is -2.09. The number of halogens is 5. The summed E-state index contributed by atoms with van der Waals surface area (Å²) in [5.74, 6) is 2.32. The Labute approximate surface area is 705 Å². The molecule has 12 nitrogen and oxygen atoms in total. The second-order valence-corrected chi connectivity index (χ2v) is 30.1. The molecule has 0 radical (unpaired) electrons. The van der Waals surface area contributed by atoms with E-state index in [1.165, 1.54) is 42.9 Å². The molecule has 11 aromatic rings. The van der Waals surface area contributed by atoms with E-state index in [-0.39, 0.29) is 40.7 Å². The number of Topliss-reactive ketones (excluding diaryl/α,β-unsaturated/α-hetero) is 3. The first-order valence-corrected chi connectivity index (χ1v) is 41.1. The normalized spacial score (nSPS) is 10.6. The molecule has 618 valence electrons. The third kappa shape index (κ3) is 37.9. The Morgan fingerprint density at radius 1 is 0.336 bits per heavy atom. The molecule has 0 atom stereocenters. The highest BCUT2D eigenvalue weighted by Gasteiger charge is 2.13. The Kier molecular flexibility index (Phi) is 41.9. The van der Waals surface area contributed by atoms with Gasteiger partial charge in [0.15, 0.2) is 7.05 Å². The molecule has 0 bridgehead atoms. The van der Waals surface area contributed by atoms with Crippen LogP contribution in [0.5, 0.6) is 28.7 Å². The second-order valence-electron chi connectivity index (χ2n) is 30.1. The number of unbranched alkanes of at least 4 members (excludes halogenated alkanes) is 3. The first-order valence-electron chi connectivity index (χ1n) is 41.1. The van der Waals surface area contributed by atoms with Crippen LogP contribution in [0, 0.1) is 34.0 Å². The molecule has 0 fully saturated rings. The van der Waals surface area contributed by atoms with Crippen molar-refractivity contribution < 1.29 is 64.8 Å². The number of hydrogen-bond acceptors (Lipinski definition) is 11. The molecule has 0 aromatic heterocycles. The van der Waals surface area contributed by atoms with Crippen molar-refractivity contribution in [1.82, 2.24) is 4.90 Å². The van der Waals surface area contributed by atoms with Crippen molar-refractivity contribution in [2.24, 2.45) is 0 Å². The standard InChI is InChI=1S/C26H28BFO2.C21H27BFNO2.C21H26BFO2.C15H16BFNO2.C14H15BFNO/c27-25-14-13-24(19-26(25)28)30-16-15-21-10-6-11-22(17-21)18-23(29)12-5-4-9-20-7-2-1-3-8-20;1-24(2)11-4-7-18(25)14-17-6-3-5-16(13-17)10-12-26-19-8-9-20(22)21(23)15-19;1-2-3-4-8-18(24)14-17-7-5-6-16(13-17)11-12-25-19-9-10-20(22)21(23)15-19;1-18(19)12-4-2-3-11(9-12)7-8-20-13-5-6-14(16)15(17)10-13;15-13-6-5-12(9-14(13)16)18-8-7-10-1-3-11(17)4-2-10/h1-3,6-8,10-11,13-14,17,19H,4-5,9,12,15-16,18,27H2;3,5-6,8-9,13,15H,4,7,10-12,14,22H2,1-2H3;5-7,9-10,13,15H,2-4,8,11-12,14,22H2,1H3;2-6,9-10H,7-8,16H2,1H3;1-6,9H,7-8,15,17H2/q;;;+1;. The topological polar surface area (TPSA) is 147 Å². The van der Waals surface area contributed by atoms with Gasteiger partial charge in [-0.05, 0) is 145 Å². The van der Waals surface area contributed by atoms with Crippen LogP contribution in [0.25, 0.3) is 0 Å². The molecule has 0 saturated heterocycles. The minimum Gasteiger partial charge on any atom is -0.493 e. The number of anilines is 1. The van der Waals surface area contributed by atoms with Gasteiger partial charge in [-0.15, -0.1) is 0 Å². The second kappa shape index (κ2) is 52.5. The Bertz CT molecular complexity index is 4970. The largest absolute Gasteiger partial charge is 0.493 e. The van der Waals surface area contributed by atoms with Gasteiger partial charge in [-0.3, -0.25) is 14.4 Å². The molecule has 22 heteroatoms. The van der Waals surface area contributed by atoms with E-state index in [0.717, 1.165) is 126 Å². The van der Waals surface area contributed by atoms with Crippen molar-refractivity contribution >= 4 is 95.3 Å². The summed E-state index contributed by atoms with van der Waals surface area (Å²) in [6.07, 6.45) is 14.1. The van der Waals surface area contributed by atoms with Gasteiger partial charge in [0.05, 0.1) is 33.0 Å². The molecule has 0 aliphatic heterocycles. The predicted octanol–water partition coefficient (Wildman–Crippen LogP) is 12.8. The number of nitroso groups, excluding NO2 is 1.